The summed E-state index contributed by atoms with van der Waals surface area (Å²) < 4.78 is 0.731. The van der Waals surface area contributed by atoms with Gasteiger partial charge in [-0.3, -0.25) is 0 Å². The van der Waals surface area contributed by atoms with Gasteiger partial charge in [-0.1, -0.05) is 25.4 Å². The predicted molar refractivity (Wildman–Crippen MR) is 52.8 cm³/mol. The van der Waals surface area contributed by atoms with Gasteiger partial charge in [-0.05, 0) is 6.92 Å². The van der Waals surface area contributed by atoms with Gasteiger partial charge in [0.2, 0.25) is 0 Å². The topological polar surface area (TPSA) is 24.9 Å². The lowest BCUT2D eigenvalue weighted by Gasteiger charge is -1.89. The van der Waals surface area contributed by atoms with Crippen molar-refractivity contribution in [1.29, 1.82) is 0 Å². The first-order chi connectivity index (χ1) is 5.24. The molecule has 0 spiro atoms. The fourth-order valence-electron chi connectivity index (χ4n) is 0.556. The molecule has 1 heterocycles. The number of thiazole rings is 1. The number of aryl methyl sites for hydroxylation is 1. The standard InChI is InChI=1S/C5H7ClN2S.C2H6/c1-3-8-5(7-2)4(6)9-3;1-2/h7H,1-2H3;1-2H3. The lowest BCUT2D eigenvalue weighted by Crippen LogP contribution is -1.87. The monoisotopic (exact) mass is 192 g/mol. The molecule has 1 aromatic heterocycles. The van der Waals surface area contributed by atoms with Gasteiger partial charge in [0, 0.05) is 7.05 Å². The van der Waals surface area contributed by atoms with E-state index in [0.29, 0.717) is 0 Å². The second-order valence-corrected chi connectivity index (χ2v) is 3.41. The second-order valence-electron chi connectivity index (χ2n) is 1.61. The fourth-order valence-corrected chi connectivity index (χ4v) is 1.67. The van der Waals surface area contributed by atoms with Crippen LogP contribution in [0.5, 0.6) is 0 Å². The van der Waals surface area contributed by atoms with Crippen LogP contribution in [0.3, 0.4) is 0 Å². The van der Waals surface area contributed by atoms with E-state index in [1.807, 2.05) is 20.8 Å². The van der Waals surface area contributed by atoms with Crippen LogP contribution in [0.15, 0.2) is 0 Å². The largest absolute Gasteiger partial charge is 0.371 e. The van der Waals surface area contributed by atoms with Crippen LogP contribution in [0.4, 0.5) is 5.82 Å². The molecule has 0 fully saturated rings. The summed E-state index contributed by atoms with van der Waals surface area (Å²) in [4.78, 5) is 4.10. The van der Waals surface area contributed by atoms with Gasteiger partial charge in [0.1, 0.15) is 4.34 Å². The number of rotatable bonds is 1. The van der Waals surface area contributed by atoms with Crippen molar-refractivity contribution in [2.24, 2.45) is 0 Å². The zero-order valence-electron chi connectivity index (χ0n) is 7.23. The van der Waals surface area contributed by atoms with E-state index in [0.717, 1.165) is 15.2 Å². The normalized spacial score (nSPS) is 8.45. The highest BCUT2D eigenvalue weighted by Gasteiger charge is 2.01. The highest BCUT2D eigenvalue weighted by molar-refractivity contribution is 7.16. The van der Waals surface area contributed by atoms with Gasteiger partial charge >= 0.3 is 0 Å². The van der Waals surface area contributed by atoms with Crippen molar-refractivity contribution < 1.29 is 0 Å². The van der Waals surface area contributed by atoms with Crippen LogP contribution in [0, 0.1) is 6.92 Å². The van der Waals surface area contributed by atoms with Crippen LogP contribution >= 0.6 is 22.9 Å². The third kappa shape index (κ3) is 3.08. The van der Waals surface area contributed by atoms with Crippen LogP contribution in [0.25, 0.3) is 0 Å². The molecule has 0 unspecified atom stereocenters. The minimum absolute atomic E-state index is 0.731. The maximum absolute atomic E-state index is 5.74. The Morgan fingerprint density at radius 3 is 2.18 bits per heavy atom. The molecule has 4 heteroatoms. The highest BCUT2D eigenvalue weighted by atomic mass is 35.5. The third-order valence-corrected chi connectivity index (χ3v) is 2.10. The van der Waals surface area contributed by atoms with Crippen molar-refractivity contribution in [2.45, 2.75) is 20.8 Å². The Kier molecular flexibility index (Phi) is 5.24. The van der Waals surface area contributed by atoms with Crippen molar-refractivity contribution >= 4 is 28.8 Å². The van der Waals surface area contributed by atoms with E-state index in [2.05, 4.69) is 10.3 Å². The van der Waals surface area contributed by atoms with Crippen LogP contribution < -0.4 is 5.32 Å². The molecule has 0 radical (unpaired) electrons. The molecule has 0 saturated heterocycles. The average Bonchev–Trinajstić information content (AvgIpc) is 2.33. The molecule has 2 nitrogen and oxygen atoms in total. The van der Waals surface area contributed by atoms with Crippen molar-refractivity contribution in [3.63, 3.8) is 0 Å². The quantitative estimate of drug-likeness (QED) is 0.740. The SMILES string of the molecule is CC.CNc1nc(C)sc1Cl. The summed E-state index contributed by atoms with van der Waals surface area (Å²) in [6, 6.07) is 0. The van der Waals surface area contributed by atoms with Crippen molar-refractivity contribution in [3.05, 3.63) is 9.34 Å². The number of anilines is 1. The predicted octanol–water partition coefficient (Wildman–Crippen LogP) is 3.17. The van der Waals surface area contributed by atoms with Gasteiger partial charge in [-0.15, -0.1) is 11.3 Å². The minimum Gasteiger partial charge on any atom is -0.371 e. The molecule has 1 aromatic rings. The van der Waals surface area contributed by atoms with Crippen LogP contribution in [0.2, 0.25) is 4.34 Å². The van der Waals surface area contributed by atoms with Gasteiger partial charge in [0.25, 0.3) is 0 Å². The number of nitrogens with one attached hydrogen (secondary N) is 1. The van der Waals surface area contributed by atoms with E-state index in [1.165, 1.54) is 11.3 Å². The number of aromatic nitrogens is 1. The van der Waals surface area contributed by atoms with Crippen molar-refractivity contribution in [2.75, 3.05) is 12.4 Å². The maximum Gasteiger partial charge on any atom is 0.156 e. The summed E-state index contributed by atoms with van der Waals surface area (Å²) in [6.07, 6.45) is 0. The van der Waals surface area contributed by atoms with Crippen molar-refractivity contribution in [1.82, 2.24) is 4.98 Å². The summed E-state index contributed by atoms with van der Waals surface area (Å²) >= 11 is 7.22. The molecule has 0 aliphatic heterocycles. The van der Waals surface area contributed by atoms with Crippen LogP contribution in [-0.4, -0.2) is 12.0 Å². The molecule has 1 rings (SSSR count). The highest BCUT2D eigenvalue weighted by Crippen LogP contribution is 2.27. The number of hydrogen-bond donors (Lipinski definition) is 1. The molecule has 0 atom stereocenters. The average molecular weight is 193 g/mol. The zero-order chi connectivity index (χ0) is 8.85. The Morgan fingerprint density at radius 1 is 1.45 bits per heavy atom. The lowest BCUT2D eigenvalue weighted by atomic mass is 10.7. The molecule has 1 N–H and O–H groups in total. The van der Waals surface area contributed by atoms with E-state index in [9.17, 15) is 0 Å². The van der Waals surface area contributed by atoms with Gasteiger partial charge in [0.15, 0.2) is 5.82 Å². The molecule has 0 saturated carbocycles. The fraction of sp³-hybridized carbons (Fsp3) is 0.571. The summed E-state index contributed by atoms with van der Waals surface area (Å²) in [5.74, 6) is 0.777. The first-order valence-corrected chi connectivity index (χ1v) is 4.74. The van der Waals surface area contributed by atoms with Gasteiger partial charge < -0.3 is 5.32 Å². The Labute approximate surface area is 76.6 Å². The van der Waals surface area contributed by atoms with Crippen molar-refractivity contribution in [3.8, 4) is 0 Å². The van der Waals surface area contributed by atoms with Gasteiger partial charge in [-0.25, -0.2) is 4.98 Å². The molecule has 0 aliphatic carbocycles. The smallest absolute Gasteiger partial charge is 0.156 e. The summed E-state index contributed by atoms with van der Waals surface area (Å²) in [5.41, 5.74) is 0. The van der Waals surface area contributed by atoms with E-state index < -0.39 is 0 Å². The summed E-state index contributed by atoms with van der Waals surface area (Å²) in [5, 5.41) is 3.87. The van der Waals surface area contributed by atoms with E-state index in [-0.39, 0.29) is 0 Å². The van der Waals surface area contributed by atoms with E-state index in [4.69, 9.17) is 11.6 Å². The molecule has 11 heavy (non-hydrogen) atoms. The summed E-state index contributed by atoms with van der Waals surface area (Å²) in [7, 11) is 1.81. The Balaban J connectivity index is 0.000000461. The second kappa shape index (κ2) is 5.38. The first-order valence-electron chi connectivity index (χ1n) is 3.54. The molecular formula is C7H13ClN2S. The Hall–Kier alpha value is -0.280. The maximum atomic E-state index is 5.74. The van der Waals surface area contributed by atoms with Crippen LogP contribution in [-0.2, 0) is 0 Å². The number of halogens is 1. The molecule has 0 aromatic carbocycles. The third-order valence-electron chi connectivity index (χ3n) is 0.930. The van der Waals surface area contributed by atoms with Crippen LogP contribution in [0.1, 0.15) is 18.9 Å². The Bertz CT molecular complexity index is 210. The molecular weight excluding hydrogens is 180 g/mol. The molecule has 0 aliphatic rings. The number of hydrogen-bond acceptors (Lipinski definition) is 3. The zero-order valence-corrected chi connectivity index (χ0v) is 8.81. The lowest BCUT2D eigenvalue weighted by molar-refractivity contribution is 1.27. The minimum atomic E-state index is 0.731. The van der Waals surface area contributed by atoms with E-state index in [1.54, 1.807) is 7.05 Å². The van der Waals surface area contributed by atoms with Gasteiger partial charge in [-0.2, -0.15) is 0 Å². The molecule has 64 valence electrons. The molecule has 0 bridgehead atoms. The van der Waals surface area contributed by atoms with Gasteiger partial charge in [0.05, 0.1) is 5.01 Å². The molecule has 0 amide bonds. The Morgan fingerprint density at radius 2 is 2.00 bits per heavy atom. The first kappa shape index (κ1) is 10.7. The summed E-state index contributed by atoms with van der Waals surface area (Å²) in [6.45, 7) is 5.93. The number of nitrogens with zero attached hydrogens (tertiary/aromatic N) is 1. The van der Waals surface area contributed by atoms with E-state index >= 15 is 0 Å².